The fourth-order valence-corrected chi connectivity index (χ4v) is 7.60. The van der Waals surface area contributed by atoms with Gasteiger partial charge in [-0.3, -0.25) is 0 Å². The lowest BCUT2D eigenvalue weighted by molar-refractivity contribution is 0.456. The van der Waals surface area contributed by atoms with Crippen LogP contribution in [0.2, 0.25) is 0 Å². The molecule has 0 atom stereocenters. The largest absolute Gasteiger partial charge is 0.506 e. The normalized spacial score (nSPS) is 11.9. The summed E-state index contributed by atoms with van der Waals surface area (Å²) in [6, 6.07) is 58.6. The van der Waals surface area contributed by atoms with E-state index in [2.05, 4.69) is 84.3 Å². The fourth-order valence-electron chi connectivity index (χ4n) is 7.60. The van der Waals surface area contributed by atoms with Gasteiger partial charge in [-0.1, -0.05) is 96.5 Å². The molecule has 0 aliphatic heterocycles. The lowest BCUT2D eigenvalue weighted by atomic mass is 9.67. The maximum Gasteiger partial charge on any atom is 0.142 e. The predicted molar refractivity (Wildman–Crippen MR) is 234 cm³/mol. The van der Waals surface area contributed by atoms with Crippen LogP contribution in [-0.4, -0.2) is 10.2 Å². The van der Waals surface area contributed by atoms with Gasteiger partial charge in [0.1, 0.15) is 34.5 Å². The molecule has 59 heavy (non-hydrogen) atoms. The Labute approximate surface area is 342 Å². The molecule has 8 aromatic rings. The van der Waals surface area contributed by atoms with Crippen molar-refractivity contribution >= 4 is 11.4 Å². The molecule has 1 aliphatic carbocycles. The van der Waals surface area contributed by atoms with Crippen molar-refractivity contribution in [3.05, 3.63) is 226 Å². The van der Waals surface area contributed by atoms with Crippen molar-refractivity contribution in [1.29, 1.82) is 0 Å². The van der Waals surface area contributed by atoms with Crippen LogP contribution < -0.4 is 20.9 Å². The second kappa shape index (κ2) is 15.3. The molecule has 6 heteroatoms. The van der Waals surface area contributed by atoms with E-state index in [1.54, 1.807) is 24.3 Å². The lowest BCUT2D eigenvalue weighted by Gasteiger charge is -2.34. The summed E-state index contributed by atoms with van der Waals surface area (Å²) in [6.45, 7) is 0. The number of aromatic hydroxyl groups is 2. The molecule has 0 saturated carbocycles. The van der Waals surface area contributed by atoms with Gasteiger partial charge in [0.05, 0.1) is 16.8 Å². The summed E-state index contributed by atoms with van der Waals surface area (Å²) in [5, 5.41) is 20.4. The van der Waals surface area contributed by atoms with Crippen LogP contribution in [-0.2, 0) is 5.41 Å². The Morgan fingerprint density at radius 1 is 0.373 bits per heavy atom. The zero-order chi connectivity index (χ0) is 40.3. The van der Waals surface area contributed by atoms with E-state index in [4.69, 9.17) is 20.9 Å². The monoisotopic (exact) mass is 764 g/mol. The topological polar surface area (TPSA) is 111 Å². The number of nitrogens with two attached hydrogens (primary N) is 2. The minimum absolute atomic E-state index is 0.0430. The van der Waals surface area contributed by atoms with Crippen molar-refractivity contribution in [3.8, 4) is 69.3 Å². The lowest BCUT2D eigenvalue weighted by Crippen LogP contribution is -2.28. The molecule has 0 amide bonds. The van der Waals surface area contributed by atoms with Crippen molar-refractivity contribution in [2.24, 2.45) is 0 Å². The Kier molecular flexibility index (Phi) is 9.43. The standard InChI is InChI=1S/C53H36N2O4/c54-49-29-25-43(33-51(49)56)58-41-21-17-39(18-22-41)53(40-19-23-42(24-20-40)59-44-26-30-50(55)52(57)34-44)47-27-15-37(13-11-35-7-3-1-4-8-35)31-45(47)46-32-38(16-28-48(46)53)14-12-36-9-5-2-6-10-36/h1-10,15-34,56-57H,54-55H2. The number of fused-ring (bicyclic) bond motifs is 3. The van der Waals surface area contributed by atoms with E-state index in [0.29, 0.717) is 23.0 Å². The summed E-state index contributed by atoms with van der Waals surface area (Å²) in [7, 11) is 0. The first-order chi connectivity index (χ1) is 28.8. The van der Waals surface area contributed by atoms with E-state index >= 15 is 0 Å². The summed E-state index contributed by atoms with van der Waals surface area (Å²) in [4.78, 5) is 0. The number of phenolic OH excluding ortho intramolecular Hbond substituents is 2. The van der Waals surface area contributed by atoms with E-state index in [0.717, 1.165) is 55.6 Å². The molecule has 282 valence electrons. The van der Waals surface area contributed by atoms with E-state index in [1.807, 2.05) is 84.9 Å². The van der Waals surface area contributed by atoms with Gasteiger partial charge < -0.3 is 31.2 Å². The number of hydrogen-bond acceptors (Lipinski definition) is 6. The molecule has 0 spiro atoms. The first-order valence-electron chi connectivity index (χ1n) is 19.0. The van der Waals surface area contributed by atoms with Crippen LogP contribution in [0.3, 0.4) is 0 Å². The molecular weight excluding hydrogens is 729 g/mol. The number of hydrogen-bond donors (Lipinski definition) is 4. The van der Waals surface area contributed by atoms with E-state index < -0.39 is 5.41 Å². The number of rotatable bonds is 6. The highest BCUT2D eigenvalue weighted by molar-refractivity contribution is 5.88. The van der Waals surface area contributed by atoms with E-state index in [9.17, 15) is 10.2 Å². The summed E-state index contributed by atoms with van der Waals surface area (Å²) in [5.41, 5.74) is 21.4. The smallest absolute Gasteiger partial charge is 0.142 e. The van der Waals surface area contributed by atoms with Crippen LogP contribution in [0.15, 0.2) is 182 Å². The molecule has 6 nitrogen and oxygen atoms in total. The maximum atomic E-state index is 10.2. The molecule has 0 fully saturated rings. The average molecular weight is 765 g/mol. The van der Waals surface area contributed by atoms with Crippen LogP contribution in [0.4, 0.5) is 11.4 Å². The highest BCUT2D eigenvalue weighted by atomic mass is 16.5. The number of phenols is 2. The minimum Gasteiger partial charge on any atom is -0.506 e. The first-order valence-corrected chi connectivity index (χ1v) is 19.0. The molecule has 0 heterocycles. The number of nitrogen functional groups attached to an aromatic ring is 2. The molecule has 0 aromatic heterocycles. The maximum absolute atomic E-state index is 10.2. The number of ether oxygens (including phenoxy) is 2. The first kappa shape index (κ1) is 36.3. The molecule has 0 unspecified atom stereocenters. The zero-order valence-electron chi connectivity index (χ0n) is 31.7. The second-order valence-electron chi connectivity index (χ2n) is 14.2. The minimum atomic E-state index is -0.780. The number of anilines is 2. The highest BCUT2D eigenvalue weighted by Gasteiger charge is 2.46. The van der Waals surface area contributed by atoms with Crippen LogP contribution in [0.1, 0.15) is 44.5 Å². The van der Waals surface area contributed by atoms with Gasteiger partial charge in [0.2, 0.25) is 0 Å². The summed E-state index contributed by atoms with van der Waals surface area (Å²) in [5.74, 6) is 15.5. The quantitative estimate of drug-likeness (QED) is 0.0762. The Bertz CT molecular complexity index is 2770. The van der Waals surface area contributed by atoms with Crippen LogP contribution >= 0.6 is 0 Å². The predicted octanol–water partition coefficient (Wildman–Crippen LogP) is 11.0. The Balaban J connectivity index is 1.21. The van der Waals surface area contributed by atoms with Gasteiger partial charge in [0.15, 0.2) is 0 Å². The third kappa shape index (κ3) is 7.15. The Morgan fingerprint density at radius 2 is 0.746 bits per heavy atom. The van der Waals surface area contributed by atoms with E-state index in [-0.39, 0.29) is 22.9 Å². The molecule has 6 N–H and O–H groups in total. The van der Waals surface area contributed by atoms with E-state index in [1.165, 1.54) is 12.1 Å². The van der Waals surface area contributed by atoms with Crippen molar-refractivity contribution < 1.29 is 19.7 Å². The number of benzene rings is 8. The third-order valence-corrected chi connectivity index (χ3v) is 10.4. The zero-order valence-corrected chi connectivity index (χ0v) is 31.7. The van der Waals surface area contributed by atoms with Gasteiger partial charge in [-0.25, -0.2) is 0 Å². The fraction of sp³-hybridized carbons (Fsp3) is 0.0189. The van der Waals surface area contributed by atoms with Crippen LogP contribution in [0.5, 0.6) is 34.5 Å². The van der Waals surface area contributed by atoms with Gasteiger partial charge >= 0.3 is 0 Å². The summed E-state index contributed by atoms with van der Waals surface area (Å²) >= 11 is 0. The van der Waals surface area contributed by atoms with Crippen molar-refractivity contribution in [2.75, 3.05) is 11.5 Å². The molecule has 1 aliphatic rings. The summed E-state index contributed by atoms with van der Waals surface area (Å²) in [6.07, 6.45) is 0. The molecule has 0 radical (unpaired) electrons. The molecule has 8 aromatic carbocycles. The Morgan fingerprint density at radius 3 is 1.14 bits per heavy atom. The molecular formula is C53H36N2O4. The molecule has 9 rings (SSSR count). The van der Waals surface area contributed by atoms with Gasteiger partial charge in [0, 0.05) is 34.4 Å². The SMILES string of the molecule is Nc1ccc(Oc2ccc(C3(c4ccc(Oc5ccc(N)c(O)c5)cc4)c4ccc(C#Cc5ccccc5)cc4-c4cc(C#Cc5ccccc5)ccc43)cc2)cc1O. The Hall–Kier alpha value is -8.32. The van der Waals surface area contributed by atoms with Crippen molar-refractivity contribution in [2.45, 2.75) is 5.41 Å². The highest BCUT2D eigenvalue weighted by Crippen LogP contribution is 2.57. The average Bonchev–Trinajstić information content (AvgIpc) is 3.55. The van der Waals surface area contributed by atoms with Gasteiger partial charge in [-0.15, -0.1) is 0 Å². The molecule has 0 bridgehead atoms. The van der Waals surface area contributed by atoms with Crippen molar-refractivity contribution in [1.82, 2.24) is 0 Å². The van der Waals surface area contributed by atoms with Crippen LogP contribution in [0, 0.1) is 23.7 Å². The summed E-state index contributed by atoms with van der Waals surface area (Å²) < 4.78 is 12.3. The van der Waals surface area contributed by atoms with Crippen LogP contribution in [0.25, 0.3) is 11.1 Å². The third-order valence-electron chi connectivity index (χ3n) is 10.4. The van der Waals surface area contributed by atoms with Gasteiger partial charge in [-0.2, -0.15) is 0 Å². The van der Waals surface area contributed by atoms with Gasteiger partial charge in [-0.05, 0) is 130 Å². The molecule has 0 saturated heterocycles. The van der Waals surface area contributed by atoms with Crippen molar-refractivity contribution in [3.63, 3.8) is 0 Å². The van der Waals surface area contributed by atoms with Gasteiger partial charge in [0.25, 0.3) is 0 Å². The second-order valence-corrected chi connectivity index (χ2v) is 14.2.